The van der Waals surface area contributed by atoms with Gasteiger partial charge in [0, 0.05) is 18.8 Å². The van der Waals surface area contributed by atoms with Crippen LogP contribution in [0.4, 0.5) is 4.79 Å². The molecular formula is C25H28N2O6S. The summed E-state index contributed by atoms with van der Waals surface area (Å²) in [6.07, 6.45) is -1.43. The van der Waals surface area contributed by atoms with Crippen LogP contribution in [0.5, 0.6) is 0 Å². The summed E-state index contributed by atoms with van der Waals surface area (Å²) in [5, 5.41) is 11.8. The molecule has 180 valence electrons. The van der Waals surface area contributed by atoms with Gasteiger partial charge in [0.15, 0.2) is 0 Å². The fraction of sp³-hybridized carbons (Fsp3) is 0.400. The minimum absolute atomic E-state index is 0.107. The number of fused-ring (bicyclic) bond motifs is 3. The predicted molar refractivity (Wildman–Crippen MR) is 129 cm³/mol. The van der Waals surface area contributed by atoms with E-state index in [1.54, 1.807) is 13.8 Å². The molecule has 34 heavy (non-hydrogen) atoms. The van der Waals surface area contributed by atoms with E-state index in [1.807, 2.05) is 36.4 Å². The molecule has 9 heteroatoms. The largest absolute Gasteiger partial charge is 0.480 e. The standard InChI is InChI=1S/C25H28N2O6S/c1-14(32-3)22(23(28)27-15(2)34-13-21(27)24(29)30)26-25(31)33-12-20-18-10-6-4-8-16(18)17-9-5-7-11-19(17)20/h4-11,14-15,20-22H,12-13H2,1-3H3,(H,26,31)(H,29,30)/t14-,15?,21?,22+/m1/s1. The second kappa shape index (κ2) is 10.1. The molecule has 1 heterocycles. The number of nitrogens with one attached hydrogen (secondary N) is 1. The molecule has 0 radical (unpaired) electrons. The Labute approximate surface area is 202 Å². The lowest BCUT2D eigenvalue weighted by molar-refractivity contribution is -0.151. The van der Waals surface area contributed by atoms with Gasteiger partial charge in [-0.1, -0.05) is 48.5 Å². The van der Waals surface area contributed by atoms with Gasteiger partial charge in [0.2, 0.25) is 5.91 Å². The smallest absolute Gasteiger partial charge is 0.407 e. The number of thioether (sulfide) groups is 1. The second-order valence-corrected chi connectivity index (χ2v) is 9.77. The molecule has 0 spiro atoms. The van der Waals surface area contributed by atoms with E-state index < -0.39 is 36.2 Å². The van der Waals surface area contributed by atoms with Crippen molar-refractivity contribution in [2.75, 3.05) is 19.5 Å². The summed E-state index contributed by atoms with van der Waals surface area (Å²) < 4.78 is 10.9. The van der Waals surface area contributed by atoms with E-state index in [4.69, 9.17) is 9.47 Å². The van der Waals surface area contributed by atoms with Gasteiger partial charge >= 0.3 is 12.1 Å². The van der Waals surface area contributed by atoms with Gasteiger partial charge in [0.25, 0.3) is 0 Å². The first-order valence-electron chi connectivity index (χ1n) is 11.1. The maximum atomic E-state index is 13.3. The third-order valence-electron chi connectivity index (χ3n) is 6.49. The van der Waals surface area contributed by atoms with Crippen LogP contribution in [-0.2, 0) is 19.1 Å². The number of carboxylic acids is 1. The van der Waals surface area contributed by atoms with E-state index in [2.05, 4.69) is 17.4 Å². The number of hydrogen-bond donors (Lipinski definition) is 2. The van der Waals surface area contributed by atoms with E-state index in [0.717, 1.165) is 22.3 Å². The zero-order valence-corrected chi connectivity index (χ0v) is 20.1. The Morgan fingerprint density at radius 2 is 1.71 bits per heavy atom. The van der Waals surface area contributed by atoms with Crippen LogP contribution in [0, 0.1) is 0 Å². The number of ether oxygens (including phenoxy) is 2. The first-order chi connectivity index (χ1) is 16.3. The van der Waals surface area contributed by atoms with E-state index in [1.165, 1.54) is 23.8 Å². The molecule has 0 saturated carbocycles. The minimum Gasteiger partial charge on any atom is -0.480 e. The molecule has 1 aliphatic heterocycles. The van der Waals surface area contributed by atoms with Gasteiger partial charge in [-0.15, -0.1) is 11.8 Å². The maximum Gasteiger partial charge on any atom is 0.407 e. The van der Waals surface area contributed by atoms with Crippen LogP contribution in [-0.4, -0.2) is 71.0 Å². The van der Waals surface area contributed by atoms with Crippen LogP contribution in [0.15, 0.2) is 48.5 Å². The first kappa shape index (κ1) is 24.1. The van der Waals surface area contributed by atoms with Crippen LogP contribution in [0.1, 0.15) is 30.9 Å². The molecule has 2 N–H and O–H groups in total. The highest BCUT2D eigenvalue weighted by Crippen LogP contribution is 2.44. The lowest BCUT2D eigenvalue weighted by Gasteiger charge is -2.31. The van der Waals surface area contributed by atoms with Gasteiger partial charge in [-0.25, -0.2) is 9.59 Å². The maximum absolute atomic E-state index is 13.3. The van der Waals surface area contributed by atoms with E-state index in [9.17, 15) is 19.5 Å². The van der Waals surface area contributed by atoms with Gasteiger partial charge in [-0.3, -0.25) is 4.79 Å². The number of benzene rings is 2. The number of hydrogen-bond acceptors (Lipinski definition) is 6. The first-order valence-corrected chi connectivity index (χ1v) is 12.2. The summed E-state index contributed by atoms with van der Waals surface area (Å²) in [4.78, 5) is 39.0. The van der Waals surface area contributed by atoms with Crippen molar-refractivity contribution >= 4 is 29.7 Å². The molecule has 0 aromatic heterocycles. The van der Waals surface area contributed by atoms with E-state index in [-0.39, 0.29) is 17.9 Å². The summed E-state index contributed by atoms with van der Waals surface area (Å²) in [5.41, 5.74) is 4.41. The van der Waals surface area contributed by atoms with Gasteiger partial charge < -0.3 is 24.8 Å². The summed E-state index contributed by atoms with van der Waals surface area (Å²) in [7, 11) is 1.43. The average molecular weight is 485 g/mol. The Balaban J connectivity index is 1.47. The Morgan fingerprint density at radius 3 is 2.26 bits per heavy atom. The molecule has 0 bridgehead atoms. The van der Waals surface area contributed by atoms with E-state index >= 15 is 0 Å². The van der Waals surface area contributed by atoms with E-state index in [0.29, 0.717) is 5.75 Å². The third kappa shape index (κ3) is 4.50. The lowest BCUT2D eigenvalue weighted by Crippen LogP contribution is -2.58. The molecule has 4 atom stereocenters. The molecule has 2 aliphatic rings. The van der Waals surface area contributed by atoms with Crippen LogP contribution >= 0.6 is 11.8 Å². The van der Waals surface area contributed by atoms with Crippen molar-refractivity contribution in [2.45, 2.75) is 43.3 Å². The summed E-state index contributed by atoms with van der Waals surface area (Å²) in [6.45, 7) is 3.53. The number of carboxylic acid groups (broad SMARTS) is 1. The molecule has 8 nitrogen and oxygen atoms in total. The molecule has 1 fully saturated rings. The predicted octanol–water partition coefficient (Wildman–Crippen LogP) is 3.30. The zero-order chi connectivity index (χ0) is 24.4. The number of rotatable bonds is 7. The highest BCUT2D eigenvalue weighted by Gasteiger charge is 2.44. The summed E-state index contributed by atoms with van der Waals surface area (Å²) in [6, 6.07) is 14.0. The highest BCUT2D eigenvalue weighted by molar-refractivity contribution is 8.00. The second-order valence-electron chi connectivity index (χ2n) is 8.42. The molecular weight excluding hydrogens is 456 g/mol. The van der Waals surface area contributed by atoms with Crippen LogP contribution in [0.25, 0.3) is 11.1 Å². The minimum atomic E-state index is -1.08. The van der Waals surface area contributed by atoms with Crippen molar-refractivity contribution in [3.8, 4) is 11.1 Å². The number of carbonyl (C=O) groups excluding carboxylic acids is 2. The Morgan fingerprint density at radius 1 is 1.12 bits per heavy atom. The van der Waals surface area contributed by atoms with Crippen molar-refractivity contribution < 1.29 is 29.0 Å². The SMILES string of the molecule is CO[C@H](C)[C@H](NC(=O)OCC1c2ccccc2-c2ccccc21)C(=O)N1C(C)SCC1C(=O)O. The molecule has 2 aromatic rings. The summed E-state index contributed by atoms with van der Waals surface area (Å²) >= 11 is 1.38. The van der Waals surface area contributed by atoms with Gasteiger partial charge in [0.05, 0.1) is 11.5 Å². The number of amides is 2. The number of nitrogens with zero attached hydrogens (tertiary/aromatic N) is 1. The Kier molecular flexibility index (Phi) is 7.13. The number of carbonyl (C=O) groups is 3. The number of methoxy groups -OCH3 is 1. The Hall–Kier alpha value is -3.04. The van der Waals surface area contributed by atoms with Crippen molar-refractivity contribution in [1.29, 1.82) is 0 Å². The van der Waals surface area contributed by atoms with Crippen molar-refractivity contribution in [3.05, 3.63) is 59.7 Å². The van der Waals surface area contributed by atoms with Gasteiger partial charge in [0.1, 0.15) is 18.7 Å². The van der Waals surface area contributed by atoms with Crippen LogP contribution in [0.2, 0.25) is 0 Å². The van der Waals surface area contributed by atoms with Crippen molar-refractivity contribution in [2.24, 2.45) is 0 Å². The van der Waals surface area contributed by atoms with Crippen molar-refractivity contribution in [3.63, 3.8) is 0 Å². The van der Waals surface area contributed by atoms with Gasteiger partial charge in [-0.05, 0) is 36.1 Å². The quantitative estimate of drug-likeness (QED) is 0.621. The molecule has 4 rings (SSSR count). The van der Waals surface area contributed by atoms with Gasteiger partial charge in [-0.2, -0.15) is 0 Å². The molecule has 2 aromatic carbocycles. The normalized spacial score (nSPS) is 20.9. The number of alkyl carbamates (subject to hydrolysis) is 1. The molecule has 2 unspecified atom stereocenters. The average Bonchev–Trinajstić information content (AvgIpc) is 3.38. The molecule has 1 aliphatic carbocycles. The van der Waals surface area contributed by atoms with Crippen LogP contribution < -0.4 is 5.32 Å². The summed E-state index contributed by atoms with van der Waals surface area (Å²) in [5.74, 6) is -1.40. The monoisotopic (exact) mass is 484 g/mol. The fourth-order valence-corrected chi connectivity index (χ4v) is 5.79. The number of aliphatic carboxylic acids is 1. The van der Waals surface area contributed by atoms with Crippen LogP contribution in [0.3, 0.4) is 0 Å². The highest BCUT2D eigenvalue weighted by atomic mass is 32.2. The molecule has 2 amide bonds. The zero-order valence-electron chi connectivity index (χ0n) is 19.3. The molecule has 1 saturated heterocycles. The fourth-order valence-electron chi connectivity index (χ4n) is 4.61. The Bertz CT molecular complexity index is 1050. The third-order valence-corrected chi connectivity index (χ3v) is 7.70. The van der Waals surface area contributed by atoms with Crippen molar-refractivity contribution in [1.82, 2.24) is 10.2 Å². The lowest BCUT2D eigenvalue weighted by atomic mass is 9.98. The topological polar surface area (TPSA) is 105 Å².